The van der Waals surface area contributed by atoms with Gasteiger partial charge in [0.15, 0.2) is 0 Å². The number of hydrogen-bond acceptors (Lipinski definition) is 3. The van der Waals surface area contributed by atoms with E-state index in [-0.39, 0.29) is 24.7 Å². The second-order valence-corrected chi connectivity index (χ2v) is 4.76. The van der Waals surface area contributed by atoms with Gasteiger partial charge in [0.2, 0.25) is 11.8 Å². The van der Waals surface area contributed by atoms with Gasteiger partial charge in [-0.25, -0.2) is 0 Å². The van der Waals surface area contributed by atoms with Gasteiger partial charge in [0.1, 0.15) is 0 Å². The molecule has 0 unspecified atom stereocenters. The van der Waals surface area contributed by atoms with E-state index in [9.17, 15) is 14.4 Å². The van der Waals surface area contributed by atoms with Crippen molar-refractivity contribution in [3.63, 3.8) is 0 Å². The Hall–Kier alpha value is -2.37. The van der Waals surface area contributed by atoms with E-state index in [1.165, 1.54) is 6.92 Å². The van der Waals surface area contributed by atoms with Gasteiger partial charge >= 0.3 is 5.97 Å². The Labute approximate surface area is 123 Å². The minimum absolute atomic E-state index is 0.0994. The van der Waals surface area contributed by atoms with Gasteiger partial charge in [-0.15, -0.1) is 0 Å². The first-order valence-electron chi connectivity index (χ1n) is 6.82. The smallest absolute Gasteiger partial charge is 0.303 e. The van der Waals surface area contributed by atoms with Crippen molar-refractivity contribution in [3.05, 3.63) is 29.8 Å². The molecular weight excluding hydrogens is 272 g/mol. The zero-order chi connectivity index (χ0) is 15.7. The van der Waals surface area contributed by atoms with Crippen LogP contribution in [0.15, 0.2) is 24.3 Å². The average Bonchev–Trinajstić information content (AvgIpc) is 2.39. The molecule has 0 aromatic heterocycles. The van der Waals surface area contributed by atoms with Gasteiger partial charge in [0, 0.05) is 25.6 Å². The summed E-state index contributed by atoms with van der Waals surface area (Å²) >= 11 is 0. The van der Waals surface area contributed by atoms with E-state index in [4.69, 9.17) is 5.11 Å². The second kappa shape index (κ2) is 8.73. The molecule has 1 aromatic rings. The van der Waals surface area contributed by atoms with Crippen LogP contribution in [0, 0.1) is 0 Å². The first-order valence-corrected chi connectivity index (χ1v) is 6.82. The van der Waals surface area contributed by atoms with Crippen LogP contribution in [0.4, 0.5) is 5.69 Å². The maximum atomic E-state index is 11.7. The lowest BCUT2D eigenvalue weighted by atomic mass is 10.1. The van der Waals surface area contributed by atoms with Crippen molar-refractivity contribution in [1.82, 2.24) is 5.32 Å². The highest BCUT2D eigenvalue weighted by Crippen LogP contribution is 2.09. The number of aliphatic carboxylic acids is 1. The van der Waals surface area contributed by atoms with E-state index in [2.05, 4.69) is 10.6 Å². The fourth-order valence-corrected chi connectivity index (χ4v) is 1.79. The molecule has 3 N–H and O–H groups in total. The number of hydrogen-bond donors (Lipinski definition) is 3. The molecule has 114 valence electrons. The zero-order valence-electron chi connectivity index (χ0n) is 12.0. The molecule has 1 aromatic carbocycles. The Morgan fingerprint density at radius 1 is 1.10 bits per heavy atom. The monoisotopic (exact) mass is 292 g/mol. The standard InChI is InChI=1S/C15H20N2O4/c1-11(18)17-13-7-5-12(6-8-13)10-14(19)16-9-3-2-4-15(20)21/h5-8H,2-4,9-10H2,1H3,(H,16,19)(H,17,18)(H,20,21). The summed E-state index contributed by atoms with van der Waals surface area (Å²) in [5.74, 6) is -1.06. The number of anilines is 1. The molecule has 0 radical (unpaired) electrons. The molecule has 0 heterocycles. The summed E-state index contributed by atoms with van der Waals surface area (Å²) in [5.41, 5.74) is 1.55. The van der Waals surface area contributed by atoms with E-state index in [1.54, 1.807) is 24.3 Å². The van der Waals surface area contributed by atoms with Gasteiger partial charge in [0.05, 0.1) is 6.42 Å². The highest BCUT2D eigenvalue weighted by Gasteiger charge is 2.04. The third-order valence-corrected chi connectivity index (χ3v) is 2.78. The lowest BCUT2D eigenvalue weighted by Crippen LogP contribution is -2.26. The maximum Gasteiger partial charge on any atom is 0.303 e. The molecule has 0 atom stereocenters. The molecule has 0 saturated heterocycles. The van der Waals surface area contributed by atoms with Crippen LogP contribution >= 0.6 is 0 Å². The third-order valence-electron chi connectivity index (χ3n) is 2.78. The highest BCUT2D eigenvalue weighted by molar-refractivity contribution is 5.88. The molecule has 2 amide bonds. The van der Waals surface area contributed by atoms with Gasteiger partial charge in [0.25, 0.3) is 0 Å². The number of rotatable bonds is 8. The van der Waals surface area contributed by atoms with Crippen molar-refractivity contribution >= 4 is 23.5 Å². The largest absolute Gasteiger partial charge is 0.481 e. The molecular formula is C15H20N2O4. The molecule has 6 heteroatoms. The number of nitrogens with one attached hydrogen (secondary N) is 2. The van der Waals surface area contributed by atoms with E-state index < -0.39 is 5.97 Å². The second-order valence-electron chi connectivity index (χ2n) is 4.76. The maximum absolute atomic E-state index is 11.7. The Morgan fingerprint density at radius 3 is 2.33 bits per heavy atom. The molecule has 1 rings (SSSR count). The summed E-state index contributed by atoms with van der Waals surface area (Å²) < 4.78 is 0. The fraction of sp³-hybridized carbons (Fsp3) is 0.400. The summed E-state index contributed by atoms with van der Waals surface area (Å²) in [6, 6.07) is 7.07. The quantitative estimate of drug-likeness (QED) is 0.634. The van der Waals surface area contributed by atoms with Gasteiger partial charge in [-0.05, 0) is 30.5 Å². The van der Waals surface area contributed by atoms with Crippen LogP contribution in [-0.4, -0.2) is 29.4 Å². The Morgan fingerprint density at radius 2 is 1.76 bits per heavy atom. The first kappa shape index (κ1) is 16.7. The summed E-state index contributed by atoms with van der Waals surface area (Å²) in [6.45, 7) is 1.92. The molecule has 0 bridgehead atoms. The normalized spacial score (nSPS) is 9.95. The minimum atomic E-state index is -0.819. The SMILES string of the molecule is CC(=O)Nc1ccc(CC(=O)NCCCCC(=O)O)cc1. The number of carbonyl (C=O) groups excluding carboxylic acids is 2. The third kappa shape index (κ3) is 7.71. The number of benzene rings is 1. The van der Waals surface area contributed by atoms with E-state index in [1.807, 2.05) is 0 Å². The molecule has 0 aliphatic heterocycles. The number of carboxylic acids is 1. The molecule has 6 nitrogen and oxygen atoms in total. The van der Waals surface area contributed by atoms with Crippen molar-refractivity contribution in [2.24, 2.45) is 0 Å². The predicted molar refractivity (Wildman–Crippen MR) is 78.9 cm³/mol. The van der Waals surface area contributed by atoms with E-state index in [0.717, 1.165) is 5.56 Å². The molecule has 0 saturated carbocycles. The van der Waals surface area contributed by atoms with Crippen LogP contribution in [0.25, 0.3) is 0 Å². The van der Waals surface area contributed by atoms with Crippen LogP contribution in [0.2, 0.25) is 0 Å². The van der Waals surface area contributed by atoms with Crippen molar-refractivity contribution in [2.75, 3.05) is 11.9 Å². The Kier molecular flexibility index (Phi) is 6.94. The summed E-state index contributed by atoms with van der Waals surface area (Å²) in [6.07, 6.45) is 1.60. The molecule has 0 aliphatic rings. The minimum Gasteiger partial charge on any atom is -0.481 e. The van der Waals surface area contributed by atoms with Crippen molar-refractivity contribution < 1.29 is 19.5 Å². The van der Waals surface area contributed by atoms with Crippen LogP contribution in [0.1, 0.15) is 31.7 Å². The van der Waals surface area contributed by atoms with Gasteiger partial charge in [-0.2, -0.15) is 0 Å². The molecule has 0 aliphatic carbocycles. The Bertz CT molecular complexity index is 497. The van der Waals surface area contributed by atoms with Crippen molar-refractivity contribution in [3.8, 4) is 0 Å². The van der Waals surface area contributed by atoms with Crippen LogP contribution in [-0.2, 0) is 20.8 Å². The van der Waals surface area contributed by atoms with Crippen LogP contribution in [0.5, 0.6) is 0 Å². The fourth-order valence-electron chi connectivity index (χ4n) is 1.79. The number of carboxylic acid groups (broad SMARTS) is 1. The van der Waals surface area contributed by atoms with Crippen LogP contribution in [0.3, 0.4) is 0 Å². The summed E-state index contributed by atoms with van der Waals surface area (Å²) in [4.78, 5) is 32.9. The van der Waals surface area contributed by atoms with Crippen LogP contribution < -0.4 is 10.6 Å². The van der Waals surface area contributed by atoms with Gasteiger partial charge in [-0.3, -0.25) is 14.4 Å². The van der Waals surface area contributed by atoms with Crippen molar-refractivity contribution in [2.45, 2.75) is 32.6 Å². The highest BCUT2D eigenvalue weighted by atomic mass is 16.4. The molecule has 0 fully saturated rings. The van der Waals surface area contributed by atoms with Gasteiger partial charge < -0.3 is 15.7 Å². The molecule has 21 heavy (non-hydrogen) atoms. The average molecular weight is 292 g/mol. The Balaban J connectivity index is 2.27. The first-order chi connectivity index (χ1) is 9.97. The number of unbranched alkanes of at least 4 members (excludes halogenated alkanes) is 1. The molecule has 0 spiro atoms. The lowest BCUT2D eigenvalue weighted by Gasteiger charge is -2.06. The topological polar surface area (TPSA) is 95.5 Å². The van der Waals surface area contributed by atoms with Gasteiger partial charge in [-0.1, -0.05) is 12.1 Å². The van der Waals surface area contributed by atoms with E-state index >= 15 is 0 Å². The summed E-state index contributed by atoms with van der Waals surface area (Å²) in [7, 11) is 0. The zero-order valence-corrected chi connectivity index (χ0v) is 12.0. The predicted octanol–water partition coefficient (Wildman–Crippen LogP) is 1.56. The number of amides is 2. The van der Waals surface area contributed by atoms with Crippen molar-refractivity contribution in [1.29, 1.82) is 0 Å². The summed E-state index contributed by atoms with van der Waals surface area (Å²) in [5, 5.41) is 13.9. The number of carbonyl (C=O) groups is 3. The van der Waals surface area contributed by atoms with E-state index in [0.29, 0.717) is 25.1 Å². The lowest BCUT2D eigenvalue weighted by molar-refractivity contribution is -0.137.